The van der Waals surface area contributed by atoms with Crippen LogP contribution < -0.4 is 15.2 Å². The lowest BCUT2D eigenvalue weighted by Crippen LogP contribution is -2.20. The van der Waals surface area contributed by atoms with Gasteiger partial charge in [-0.2, -0.15) is 0 Å². The summed E-state index contributed by atoms with van der Waals surface area (Å²) >= 11 is 0. The molecule has 0 fully saturated rings. The molecule has 0 atom stereocenters. The van der Waals surface area contributed by atoms with E-state index in [0.717, 1.165) is 11.3 Å². The number of aryl methyl sites for hydroxylation is 2. The van der Waals surface area contributed by atoms with Gasteiger partial charge in [-0.3, -0.25) is 9.79 Å². The van der Waals surface area contributed by atoms with Crippen molar-refractivity contribution in [2.24, 2.45) is 10.7 Å². The Labute approximate surface area is 142 Å². The van der Waals surface area contributed by atoms with E-state index in [1.54, 1.807) is 12.3 Å². The van der Waals surface area contributed by atoms with Crippen molar-refractivity contribution in [3.05, 3.63) is 53.1 Å². The number of amides is 1. The van der Waals surface area contributed by atoms with Crippen molar-refractivity contribution < 1.29 is 14.3 Å². The predicted molar refractivity (Wildman–Crippen MR) is 95.5 cm³/mol. The lowest BCUT2D eigenvalue weighted by molar-refractivity contribution is -0.119. The third-order valence-corrected chi connectivity index (χ3v) is 3.49. The molecule has 0 bridgehead atoms. The van der Waals surface area contributed by atoms with Gasteiger partial charge in [-0.15, -0.1) is 0 Å². The first-order valence-electron chi connectivity index (χ1n) is 7.79. The number of hydrogen-bond donors (Lipinski definition) is 1. The molecular formula is C19H22N2O3. The van der Waals surface area contributed by atoms with Crippen molar-refractivity contribution in [1.82, 2.24) is 0 Å². The van der Waals surface area contributed by atoms with E-state index >= 15 is 0 Å². The molecule has 2 N–H and O–H groups in total. The molecule has 2 aromatic rings. The number of aliphatic imine (C=N–C) groups is 1. The maximum Gasteiger partial charge on any atom is 0.255 e. The summed E-state index contributed by atoms with van der Waals surface area (Å²) < 4.78 is 10.9. The van der Waals surface area contributed by atoms with Gasteiger partial charge >= 0.3 is 0 Å². The van der Waals surface area contributed by atoms with E-state index < -0.39 is 5.91 Å². The fourth-order valence-electron chi connectivity index (χ4n) is 2.10. The molecule has 0 unspecified atom stereocenters. The van der Waals surface area contributed by atoms with E-state index in [1.165, 1.54) is 11.1 Å². The standard InChI is InChI=1S/C19H22N2O3/c1-4-23-18-10-15(6-8-17(18)24-12-19(20)22)11-21-16-7-5-13(2)14(3)9-16/h5-11H,4,12H2,1-3H3,(H2,20,22). The number of nitrogens with zero attached hydrogens (tertiary/aromatic N) is 1. The molecule has 2 aromatic carbocycles. The number of carbonyl (C=O) groups excluding carboxylic acids is 1. The molecule has 0 heterocycles. The zero-order valence-electron chi connectivity index (χ0n) is 14.2. The highest BCUT2D eigenvalue weighted by Crippen LogP contribution is 2.28. The van der Waals surface area contributed by atoms with Gasteiger partial charge in [0.15, 0.2) is 18.1 Å². The minimum absolute atomic E-state index is 0.184. The Balaban J connectivity index is 2.20. The minimum atomic E-state index is -0.530. The monoisotopic (exact) mass is 326 g/mol. The first kappa shape index (κ1) is 17.5. The normalized spacial score (nSPS) is 10.8. The van der Waals surface area contributed by atoms with Gasteiger partial charge in [0.1, 0.15) is 0 Å². The van der Waals surface area contributed by atoms with Crippen LogP contribution in [0.3, 0.4) is 0 Å². The number of benzene rings is 2. The van der Waals surface area contributed by atoms with Crippen molar-refractivity contribution in [1.29, 1.82) is 0 Å². The summed E-state index contributed by atoms with van der Waals surface area (Å²) in [5.74, 6) is 0.514. The van der Waals surface area contributed by atoms with E-state index in [1.807, 2.05) is 37.3 Å². The molecular weight excluding hydrogens is 304 g/mol. The maximum absolute atomic E-state index is 10.9. The molecule has 24 heavy (non-hydrogen) atoms. The number of nitrogens with two attached hydrogens (primary N) is 1. The zero-order valence-corrected chi connectivity index (χ0v) is 14.2. The smallest absolute Gasteiger partial charge is 0.255 e. The van der Waals surface area contributed by atoms with Gasteiger partial charge < -0.3 is 15.2 Å². The number of ether oxygens (including phenoxy) is 2. The molecule has 0 radical (unpaired) electrons. The highest BCUT2D eigenvalue weighted by molar-refractivity contribution is 5.83. The Kier molecular flexibility index (Phi) is 5.95. The molecule has 1 amide bonds. The van der Waals surface area contributed by atoms with Crippen LogP contribution in [0.25, 0.3) is 0 Å². The Morgan fingerprint density at radius 3 is 2.54 bits per heavy atom. The predicted octanol–water partition coefficient (Wildman–Crippen LogP) is 3.32. The van der Waals surface area contributed by atoms with Crippen LogP contribution in [0.4, 0.5) is 5.69 Å². The topological polar surface area (TPSA) is 73.9 Å². The van der Waals surface area contributed by atoms with E-state index in [2.05, 4.69) is 18.8 Å². The van der Waals surface area contributed by atoms with Gasteiger partial charge in [0, 0.05) is 6.21 Å². The Morgan fingerprint density at radius 2 is 1.88 bits per heavy atom. The van der Waals surface area contributed by atoms with E-state index in [0.29, 0.717) is 18.1 Å². The van der Waals surface area contributed by atoms with Crippen molar-refractivity contribution in [3.8, 4) is 11.5 Å². The largest absolute Gasteiger partial charge is 0.490 e. The summed E-state index contributed by atoms with van der Waals surface area (Å²) in [7, 11) is 0. The third kappa shape index (κ3) is 4.84. The van der Waals surface area contributed by atoms with E-state index in [9.17, 15) is 4.79 Å². The van der Waals surface area contributed by atoms with Crippen molar-refractivity contribution in [3.63, 3.8) is 0 Å². The van der Waals surface area contributed by atoms with Crippen molar-refractivity contribution in [2.75, 3.05) is 13.2 Å². The highest BCUT2D eigenvalue weighted by Gasteiger charge is 2.07. The lowest BCUT2D eigenvalue weighted by atomic mass is 10.1. The number of primary amides is 1. The molecule has 0 spiro atoms. The summed E-state index contributed by atoms with van der Waals surface area (Å²) in [6.45, 7) is 6.32. The van der Waals surface area contributed by atoms with Crippen LogP contribution in [0.15, 0.2) is 41.4 Å². The molecule has 0 aliphatic rings. The highest BCUT2D eigenvalue weighted by atomic mass is 16.5. The first-order chi connectivity index (χ1) is 11.5. The van der Waals surface area contributed by atoms with Crippen LogP contribution in [0, 0.1) is 13.8 Å². The van der Waals surface area contributed by atoms with Gasteiger partial charge in [-0.25, -0.2) is 0 Å². The fourth-order valence-corrected chi connectivity index (χ4v) is 2.10. The Bertz CT molecular complexity index is 754. The molecule has 2 rings (SSSR count). The Hall–Kier alpha value is -2.82. The fraction of sp³-hybridized carbons (Fsp3) is 0.263. The van der Waals surface area contributed by atoms with Crippen molar-refractivity contribution >= 4 is 17.8 Å². The SMILES string of the molecule is CCOc1cc(C=Nc2ccc(C)c(C)c2)ccc1OCC(N)=O. The molecule has 0 aliphatic heterocycles. The van der Waals surface area contributed by atoms with Gasteiger partial charge in [0.25, 0.3) is 5.91 Å². The quantitative estimate of drug-likeness (QED) is 0.793. The Morgan fingerprint density at radius 1 is 1.08 bits per heavy atom. The van der Waals surface area contributed by atoms with Gasteiger partial charge in [-0.05, 0) is 67.8 Å². The van der Waals surface area contributed by atoms with Crippen LogP contribution in [0.2, 0.25) is 0 Å². The lowest BCUT2D eigenvalue weighted by Gasteiger charge is -2.11. The van der Waals surface area contributed by atoms with E-state index in [4.69, 9.17) is 15.2 Å². The van der Waals surface area contributed by atoms with Crippen LogP contribution in [0.5, 0.6) is 11.5 Å². The van der Waals surface area contributed by atoms with Gasteiger partial charge in [0.2, 0.25) is 0 Å². The minimum Gasteiger partial charge on any atom is -0.490 e. The molecule has 0 saturated heterocycles. The second kappa shape index (κ2) is 8.15. The van der Waals surface area contributed by atoms with Gasteiger partial charge in [0.05, 0.1) is 12.3 Å². The molecule has 5 nitrogen and oxygen atoms in total. The van der Waals surface area contributed by atoms with Crippen LogP contribution >= 0.6 is 0 Å². The van der Waals surface area contributed by atoms with Gasteiger partial charge in [-0.1, -0.05) is 6.07 Å². The second-order valence-electron chi connectivity index (χ2n) is 5.42. The van der Waals surface area contributed by atoms with Crippen LogP contribution in [-0.2, 0) is 4.79 Å². The van der Waals surface area contributed by atoms with Crippen LogP contribution in [0.1, 0.15) is 23.6 Å². The average Bonchev–Trinajstić information content (AvgIpc) is 2.55. The summed E-state index contributed by atoms with van der Waals surface area (Å²) in [4.78, 5) is 15.3. The maximum atomic E-state index is 10.9. The van der Waals surface area contributed by atoms with Crippen molar-refractivity contribution in [2.45, 2.75) is 20.8 Å². The molecule has 0 aliphatic carbocycles. The summed E-state index contributed by atoms with van der Waals surface area (Å²) in [6.07, 6.45) is 1.77. The number of rotatable bonds is 7. The zero-order chi connectivity index (χ0) is 17.5. The second-order valence-corrected chi connectivity index (χ2v) is 5.42. The average molecular weight is 326 g/mol. The molecule has 126 valence electrons. The first-order valence-corrected chi connectivity index (χ1v) is 7.79. The molecule has 0 aromatic heterocycles. The third-order valence-electron chi connectivity index (χ3n) is 3.49. The number of hydrogen-bond acceptors (Lipinski definition) is 4. The van der Waals surface area contributed by atoms with Crippen LogP contribution in [-0.4, -0.2) is 25.3 Å². The number of carbonyl (C=O) groups is 1. The molecule has 5 heteroatoms. The molecule has 0 saturated carbocycles. The summed E-state index contributed by atoms with van der Waals surface area (Å²) in [5, 5.41) is 0. The summed E-state index contributed by atoms with van der Waals surface area (Å²) in [5.41, 5.74) is 9.32. The van der Waals surface area contributed by atoms with E-state index in [-0.39, 0.29) is 6.61 Å². The summed E-state index contributed by atoms with van der Waals surface area (Å²) in [6, 6.07) is 11.5.